The number of hydrogen-bond acceptors (Lipinski definition) is 5. The fraction of sp³-hybridized carbons (Fsp3) is 0.158. The van der Waals surface area contributed by atoms with E-state index in [9.17, 15) is 0 Å². The number of anilines is 4. The van der Waals surface area contributed by atoms with Crippen molar-refractivity contribution in [3.8, 4) is 5.75 Å². The van der Waals surface area contributed by atoms with Gasteiger partial charge in [-0.2, -0.15) is 4.98 Å². The van der Waals surface area contributed by atoms with Crippen LogP contribution in [-0.2, 0) is 0 Å². The van der Waals surface area contributed by atoms with Crippen molar-refractivity contribution in [3.63, 3.8) is 0 Å². The van der Waals surface area contributed by atoms with Gasteiger partial charge in [0.25, 0.3) is 0 Å². The number of hydrogen-bond donors (Lipinski definition) is 2. The van der Waals surface area contributed by atoms with Crippen molar-refractivity contribution in [2.24, 2.45) is 0 Å². The van der Waals surface area contributed by atoms with Gasteiger partial charge in [-0.15, -0.1) is 0 Å². The molecule has 25 heavy (non-hydrogen) atoms. The number of rotatable bonds is 6. The third-order valence-electron chi connectivity index (χ3n) is 3.53. The van der Waals surface area contributed by atoms with Gasteiger partial charge in [0.05, 0.1) is 12.3 Å². The van der Waals surface area contributed by atoms with Crippen LogP contribution in [0.1, 0.15) is 12.5 Å². The summed E-state index contributed by atoms with van der Waals surface area (Å²) >= 11 is 3.53. The summed E-state index contributed by atoms with van der Waals surface area (Å²) in [5.41, 5.74) is 2.96. The van der Waals surface area contributed by atoms with Gasteiger partial charge in [0, 0.05) is 16.4 Å². The molecular formula is C19H19BrN4O. The number of halogens is 1. The van der Waals surface area contributed by atoms with E-state index in [1.54, 1.807) is 6.20 Å². The Morgan fingerprint density at radius 2 is 1.92 bits per heavy atom. The van der Waals surface area contributed by atoms with E-state index >= 15 is 0 Å². The normalized spacial score (nSPS) is 10.4. The van der Waals surface area contributed by atoms with Crippen LogP contribution in [-0.4, -0.2) is 16.6 Å². The van der Waals surface area contributed by atoms with Crippen LogP contribution >= 0.6 is 15.9 Å². The summed E-state index contributed by atoms with van der Waals surface area (Å²) in [4.78, 5) is 8.79. The van der Waals surface area contributed by atoms with Gasteiger partial charge in [-0.25, -0.2) is 4.98 Å². The summed E-state index contributed by atoms with van der Waals surface area (Å²) in [5, 5.41) is 6.49. The second-order valence-electron chi connectivity index (χ2n) is 5.41. The summed E-state index contributed by atoms with van der Waals surface area (Å²) in [6, 6.07) is 15.6. The molecule has 0 saturated heterocycles. The van der Waals surface area contributed by atoms with Gasteiger partial charge in [-0.05, 0) is 49.7 Å². The quantitative estimate of drug-likeness (QED) is 0.579. The molecule has 6 heteroatoms. The van der Waals surface area contributed by atoms with E-state index in [0.29, 0.717) is 18.4 Å². The Labute approximate surface area is 155 Å². The van der Waals surface area contributed by atoms with E-state index in [0.717, 1.165) is 21.6 Å². The molecule has 0 fully saturated rings. The van der Waals surface area contributed by atoms with Gasteiger partial charge in [0.2, 0.25) is 5.95 Å². The van der Waals surface area contributed by atoms with Crippen LogP contribution in [0.5, 0.6) is 5.75 Å². The predicted molar refractivity (Wildman–Crippen MR) is 105 cm³/mol. The lowest BCUT2D eigenvalue weighted by Crippen LogP contribution is -2.02. The largest absolute Gasteiger partial charge is 0.492 e. The molecule has 2 aromatic carbocycles. The predicted octanol–water partition coefficient (Wildman–Crippen LogP) is 5.43. The average Bonchev–Trinajstić information content (AvgIpc) is 2.61. The van der Waals surface area contributed by atoms with Crippen LogP contribution in [0.25, 0.3) is 0 Å². The summed E-state index contributed by atoms with van der Waals surface area (Å²) in [5.74, 6) is 2.01. The molecule has 0 amide bonds. The molecule has 0 saturated carbocycles. The fourth-order valence-corrected chi connectivity index (χ4v) is 2.66. The van der Waals surface area contributed by atoms with Crippen molar-refractivity contribution in [1.29, 1.82) is 0 Å². The maximum Gasteiger partial charge on any atom is 0.229 e. The molecule has 0 bridgehead atoms. The molecular weight excluding hydrogens is 380 g/mol. The van der Waals surface area contributed by atoms with Crippen LogP contribution < -0.4 is 15.4 Å². The number of para-hydroxylation sites is 2. The topological polar surface area (TPSA) is 59.1 Å². The molecule has 128 valence electrons. The lowest BCUT2D eigenvalue weighted by Gasteiger charge is -2.12. The van der Waals surface area contributed by atoms with Crippen LogP contribution in [0.4, 0.5) is 23.1 Å². The van der Waals surface area contributed by atoms with E-state index < -0.39 is 0 Å². The molecule has 2 N–H and O–H groups in total. The highest BCUT2D eigenvalue weighted by atomic mass is 79.9. The Kier molecular flexibility index (Phi) is 5.50. The third-order valence-corrected chi connectivity index (χ3v) is 4.39. The number of aromatic nitrogens is 2. The third kappa shape index (κ3) is 4.48. The molecule has 0 aliphatic carbocycles. The molecule has 0 atom stereocenters. The van der Waals surface area contributed by atoms with Gasteiger partial charge in [-0.1, -0.05) is 34.1 Å². The van der Waals surface area contributed by atoms with E-state index in [2.05, 4.69) is 36.5 Å². The molecule has 5 nitrogen and oxygen atoms in total. The van der Waals surface area contributed by atoms with Gasteiger partial charge in [0.1, 0.15) is 11.6 Å². The molecule has 0 spiro atoms. The monoisotopic (exact) mass is 398 g/mol. The van der Waals surface area contributed by atoms with Gasteiger partial charge >= 0.3 is 0 Å². The Morgan fingerprint density at radius 1 is 1.08 bits per heavy atom. The SMILES string of the molecule is CCOc1ccccc1Nc1ccnc(Nc2ccc(C)c(Br)c2)n1. The van der Waals surface area contributed by atoms with Crippen molar-refractivity contribution in [2.75, 3.05) is 17.2 Å². The Bertz CT molecular complexity index is 870. The van der Waals surface area contributed by atoms with Gasteiger partial charge in [0.15, 0.2) is 0 Å². The maximum atomic E-state index is 5.63. The highest BCUT2D eigenvalue weighted by Gasteiger charge is 2.06. The zero-order valence-electron chi connectivity index (χ0n) is 14.1. The summed E-state index contributed by atoms with van der Waals surface area (Å²) in [6.07, 6.45) is 1.71. The van der Waals surface area contributed by atoms with E-state index in [-0.39, 0.29) is 0 Å². The number of benzene rings is 2. The van der Waals surface area contributed by atoms with E-state index in [4.69, 9.17) is 4.74 Å². The summed E-state index contributed by atoms with van der Waals surface area (Å²) in [7, 11) is 0. The lowest BCUT2D eigenvalue weighted by molar-refractivity contribution is 0.342. The molecule has 0 radical (unpaired) electrons. The minimum Gasteiger partial charge on any atom is -0.492 e. The second kappa shape index (κ2) is 7.98. The number of nitrogens with zero attached hydrogens (tertiary/aromatic N) is 2. The maximum absolute atomic E-state index is 5.63. The van der Waals surface area contributed by atoms with Crippen LogP contribution in [0, 0.1) is 6.92 Å². The Hall–Kier alpha value is -2.60. The minimum atomic E-state index is 0.523. The van der Waals surface area contributed by atoms with Crippen LogP contribution in [0.2, 0.25) is 0 Å². The number of nitrogens with one attached hydrogen (secondary N) is 2. The van der Waals surface area contributed by atoms with Crippen LogP contribution in [0.15, 0.2) is 59.2 Å². The molecule has 0 aliphatic rings. The Balaban J connectivity index is 1.78. The zero-order chi connectivity index (χ0) is 17.6. The molecule has 3 aromatic rings. The van der Waals surface area contributed by atoms with Crippen molar-refractivity contribution >= 4 is 39.1 Å². The fourth-order valence-electron chi connectivity index (χ4n) is 2.28. The minimum absolute atomic E-state index is 0.523. The highest BCUT2D eigenvalue weighted by molar-refractivity contribution is 9.10. The molecule has 3 rings (SSSR count). The standard InChI is InChI=1S/C19H19BrN4O/c1-3-25-17-7-5-4-6-16(17)23-18-10-11-21-19(24-18)22-14-9-8-13(2)15(20)12-14/h4-12H,3H2,1-2H3,(H2,21,22,23,24). The number of aryl methyl sites for hydroxylation is 1. The first-order valence-corrected chi connectivity index (χ1v) is 8.80. The highest BCUT2D eigenvalue weighted by Crippen LogP contribution is 2.27. The summed E-state index contributed by atoms with van der Waals surface area (Å²) < 4.78 is 6.67. The molecule has 1 heterocycles. The smallest absolute Gasteiger partial charge is 0.229 e. The van der Waals surface area contributed by atoms with Crippen molar-refractivity contribution in [3.05, 3.63) is 64.8 Å². The first-order valence-electron chi connectivity index (χ1n) is 8.01. The van der Waals surface area contributed by atoms with Crippen LogP contribution in [0.3, 0.4) is 0 Å². The molecule has 0 unspecified atom stereocenters. The first kappa shape index (κ1) is 17.2. The first-order chi connectivity index (χ1) is 12.2. The summed E-state index contributed by atoms with van der Waals surface area (Å²) in [6.45, 7) is 4.62. The number of ether oxygens (including phenoxy) is 1. The average molecular weight is 399 g/mol. The second-order valence-corrected chi connectivity index (χ2v) is 6.26. The van der Waals surface area contributed by atoms with E-state index in [1.807, 2.05) is 62.4 Å². The molecule has 1 aromatic heterocycles. The van der Waals surface area contributed by atoms with Crippen molar-refractivity contribution in [1.82, 2.24) is 9.97 Å². The zero-order valence-corrected chi connectivity index (χ0v) is 15.7. The van der Waals surface area contributed by atoms with Gasteiger partial charge in [-0.3, -0.25) is 0 Å². The van der Waals surface area contributed by atoms with Crippen molar-refractivity contribution < 1.29 is 4.74 Å². The van der Waals surface area contributed by atoms with Gasteiger partial charge < -0.3 is 15.4 Å². The van der Waals surface area contributed by atoms with Crippen molar-refractivity contribution in [2.45, 2.75) is 13.8 Å². The lowest BCUT2D eigenvalue weighted by atomic mass is 10.2. The van der Waals surface area contributed by atoms with E-state index in [1.165, 1.54) is 5.56 Å². The Morgan fingerprint density at radius 3 is 2.72 bits per heavy atom. The molecule has 0 aliphatic heterocycles.